The first kappa shape index (κ1) is 22.8. The average molecular weight is 488 g/mol. The van der Waals surface area contributed by atoms with Crippen molar-refractivity contribution in [2.45, 2.75) is 24.9 Å². The number of amides is 1. The number of carbonyl (C=O) groups is 1. The molecular formula is C25H22ClN7O2. The van der Waals surface area contributed by atoms with Crippen LogP contribution in [0.15, 0.2) is 55.0 Å². The fourth-order valence-electron chi connectivity index (χ4n) is 4.05. The molecule has 10 heteroatoms. The van der Waals surface area contributed by atoms with E-state index in [1.165, 1.54) is 0 Å². The highest BCUT2D eigenvalue weighted by molar-refractivity contribution is 6.31. The lowest BCUT2D eigenvalue weighted by molar-refractivity contribution is 0.0903. The van der Waals surface area contributed by atoms with Crippen LogP contribution in [-0.4, -0.2) is 45.3 Å². The van der Waals surface area contributed by atoms with Crippen LogP contribution in [0, 0.1) is 11.3 Å². The summed E-state index contributed by atoms with van der Waals surface area (Å²) in [6, 6.07) is 12.2. The summed E-state index contributed by atoms with van der Waals surface area (Å²) in [5, 5.41) is 23.5. The quantitative estimate of drug-likeness (QED) is 0.375. The number of rotatable bonds is 6. The number of aromatic nitrogens is 4. The molecule has 1 saturated heterocycles. The number of H-pyrrole nitrogens is 1. The van der Waals surface area contributed by atoms with Crippen molar-refractivity contribution in [3.63, 3.8) is 0 Å². The van der Waals surface area contributed by atoms with Crippen molar-refractivity contribution < 1.29 is 9.53 Å². The summed E-state index contributed by atoms with van der Waals surface area (Å²) in [4.78, 5) is 22.3. The minimum Gasteiger partial charge on any atom is -0.381 e. The monoisotopic (exact) mass is 487 g/mol. The summed E-state index contributed by atoms with van der Waals surface area (Å²) in [6.07, 6.45) is 6.90. The number of nitriles is 1. The van der Waals surface area contributed by atoms with Crippen LogP contribution in [0.3, 0.4) is 0 Å². The number of hydrogen-bond donors (Lipinski definition) is 3. The van der Waals surface area contributed by atoms with Crippen LogP contribution >= 0.6 is 11.6 Å². The maximum absolute atomic E-state index is 13.3. The van der Waals surface area contributed by atoms with Crippen LogP contribution in [0.4, 0.5) is 5.95 Å². The molecule has 0 aliphatic carbocycles. The molecule has 1 amide bonds. The molecule has 3 N–H and O–H groups in total. The number of nitrogens with one attached hydrogen (secondary N) is 3. The minimum absolute atomic E-state index is 0.266. The van der Waals surface area contributed by atoms with E-state index in [9.17, 15) is 10.1 Å². The van der Waals surface area contributed by atoms with Crippen LogP contribution in [0.2, 0.25) is 5.02 Å². The van der Waals surface area contributed by atoms with E-state index in [1.54, 1.807) is 48.9 Å². The lowest BCUT2D eigenvalue weighted by atomic mass is 9.99. The molecular weight excluding hydrogens is 466 g/mol. The second-order valence-corrected chi connectivity index (χ2v) is 8.69. The Kier molecular flexibility index (Phi) is 6.57. The molecule has 5 rings (SSSR count). The van der Waals surface area contributed by atoms with E-state index in [0.29, 0.717) is 27.6 Å². The van der Waals surface area contributed by atoms with Gasteiger partial charge in [-0.3, -0.25) is 9.89 Å². The summed E-state index contributed by atoms with van der Waals surface area (Å²) >= 11 is 6.25. The summed E-state index contributed by atoms with van der Waals surface area (Å²) in [5.41, 5.74) is 2.98. The molecule has 9 nitrogen and oxygen atoms in total. The van der Waals surface area contributed by atoms with Gasteiger partial charge < -0.3 is 15.4 Å². The van der Waals surface area contributed by atoms with E-state index in [0.717, 1.165) is 42.6 Å². The van der Waals surface area contributed by atoms with E-state index in [-0.39, 0.29) is 11.9 Å². The van der Waals surface area contributed by atoms with Gasteiger partial charge in [-0.05, 0) is 42.7 Å². The Morgan fingerprint density at radius 3 is 2.77 bits per heavy atom. The third kappa shape index (κ3) is 5.09. The second-order valence-electron chi connectivity index (χ2n) is 8.29. The molecule has 1 fully saturated rings. The second kappa shape index (κ2) is 10.1. The van der Waals surface area contributed by atoms with Crippen LogP contribution < -0.4 is 10.6 Å². The van der Waals surface area contributed by atoms with E-state index in [1.807, 2.05) is 12.1 Å². The zero-order valence-corrected chi connectivity index (χ0v) is 19.4. The molecule has 0 radical (unpaired) electrons. The van der Waals surface area contributed by atoms with Gasteiger partial charge in [0.05, 0.1) is 28.3 Å². The van der Waals surface area contributed by atoms with Gasteiger partial charge in [0.2, 0.25) is 5.95 Å². The topological polar surface area (TPSA) is 129 Å². The first-order valence-corrected chi connectivity index (χ1v) is 11.6. The Bertz CT molecular complexity index is 1390. The molecule has 4 aromatic rings. The molecule has 176 valence electrons. The van der Waals surface area contributed by atoms with Crippen LogP contribution in [0.25, 0.3) is 10.9 Å². The molecule has 1 unspecified atom stereocenters. The Hall–Kier alpha value is -4.00. The predicted molar refractivity (Wildman–Crippen MR) is 131 cm³/mol. The highest BCUT2D eigenvalue weighted by Gasteiger charge is 2.21. The number of ether oxygens (including phenoxy) is 1. The Morgan fingerprint density at radius 1 is 1.17 bits per heavy atom. The van der Waals surface area contributed by atoms with Gasteiger partial charge in [-0.2, -0.15) is 10.4 Å². The number of fused-ring (bicyclic) bond motifs is 1. The zero-order valence-electron chi connectivity index (χ0n) is 18.7. The molecule has 1 atom stereocenters. The van der Waals surface area contributed by atoms with Crippen molar-refractivity contribution in [1.29, 1.82) is 5.26 Å². The van der Waals surface area contributed by atoms with Crippen molar-refractivity contribution >= 4 is 34.4 Å². The van der Waals surface area contributed by atoms with Gasteiger partial charge in [0.25, 0.3) is 5.91 Å². The van der Waals surface area contributed by atoms with Gasteiger partial charge in [0.15, 0.2) is 0 Å². The van der Waals surface area contributed by atoms with Crippen LogP contribution in [-0.2, 0) is 4.74 Å². The number of carbonyl (C=O) groups excluding carboxylic acids is 1. The highest BCUT2D eigenvalue weighted by atomic mass is 35.5. The normalized spacial score (nSPS) is 14.9. The Balaban J connectivity index is 1.40. The molecule has 0 saturated carbocycles. The Morgan fingerprint density at radius 2 is 2.03 bits per heavy atom. The lowest BCUT2D eigenvalue weighted by Crippen LogP contribution is -2.29. The molecule has 0 spiro atoms. The summed E-state index contributed by atoms with van der Waals surface area (Å²) in [7, 11) is 0. The van der Waals surface area contributed by atoms with E-state index < -0.39 is 6.04 Å². The molecule has 2 aromatic heterocycles. The molecule has 2 aromatic carbocycles. The van der Waals surface area contributed by atoms with Crippen molar-refractivity contribution in [1.82, 2.24) is 25.5 Å². The minimum atomic E-state index is -0.515. The number of nitrogens with zero attached hydrogens (tertiary/aromatic N) is 4. The molecule has 1 aliphatic rings. The average Bonchev–Trinajstić information content (AvgIpc) is 3.42. The van der Waals surface area contributed by atoms with Gasteiger partial charge in [-0.15, -0.1) is 0 Å². The van der Waals surface area contributed by atoms with E-state index in [2.05, 4.69) is 30.8 Å². The fourth-order valence-corrected chi connectivity index (χ4v) is 4.28. The predicted octanol–water partition coefficient (Wildman–Crippen LogP) is 3.99. The van der Waals surface area contributed by atoms with Crippen LogP contribution in [0.5, 0.6) is 0 Å². The zero-order chi connectivity index (χ0) is 24.2. The third-order valence-electron chi connectivity index (χ3n) is 5.97. The highest BCUT2D eigenvalue weighted by Crippen LogP contribution is 2.27. The van der Waals surface area contributed by atoms with Crippen molar-refractivity contribution in [3.05, 3.63) is 82.3 Å². The van der Waals surface area contributed by atoms with Crippen molar-refractivity contribution in [3.8, 4) is 6.07 Å². The van der Waals surface area contributed by atoms with Crippen molar-refractivity contribution in [2.75, 3.05) is 18.5 Å². The number of aromatic amines is 1. The largest absolute Gasteiger partial charge is 0.381 e. The van der Waals surface area contributed by atoms with Gasteiger partial charge in [0, 0.05) is 48.2 Å². The standard InChI is InChI=1S/C25H22ClN7O2/c26-21-9-15(1-3-17(21)11-27)23(19-13-29-30-14-19)33-24(34)16-2-4-18-12-28-25(32-22(18)10-16)31-20-5-7-35-8-6-20/h1-4,9-10,12-14,20,23H,5-8H2,(H,29,30)(H,33,34)(H,28,31,32). The number of halogens is 1. The SMILES string of the molecule is N#Cc1ccc(C(NC(=O)c2ccc3cnc(NC4CCOCC4)nc3c2)c2cn[nH]c2)cc1Cl. The first-order chi connectivity index (χ1) is 17.1. The maximum Gasteiger partial charge on any atom is 0.252 e. The Labute approximate surface area is 206 Å². The summed E-state index contributed by atoms with van der Waals surface area (Å²) < 4.78 is 5.41. The van der Waals surface area contributed by atoms with Gasteiger partial charge in [-0.1, -0.05) is 23.7 Å². The summed E-state index contributed by atoms with van der Waals surface area (Å²) in [5.74, 6) is 0.251. The molecule has 35 heavy (non-hydrogen) atoms. The van der Waals surface area contributed by atoms with E-state index in [4.69, 9.17) is 16.3 Å². The van der Waals surface area contributed by atoms with Crippen molar-refractivity contribution in [2.24, 2.45) is 0 Å². The third-order valence-corrected chi connectivity index (χ3v) is 6.29. The smallest absolute Gasteiger partial charge is 0.252 e. The number of benzene rings is 2. The molecule has 0 bridgehead atoms. The fraction of sp³-hybridized carbons (Fsp3) is 0.240. The van der Waals surface area contributed by atoms with Gasteiger partial charge in [0.1, 0.15) is 6.07 Å². The van der Waals surface area contributed by atoms with E-state index >= 15 is 0 Å². The number of anilines is 1. The van der Waals surface area contributed by atoms with Crippen LogP contribution in [0.1, 0.15) is 45.9 Å². The van der Waals surface area contributed by atoms with Gasteiger partial charge in [-0.25, -0.2) is 9.97 Å². The molecule has 3 heterocycles. The van der Waals surface area contributed by atoms with Gasteiger partial charge >= 0.3 is 0 Å². The summed E-state index contributed by atoms with van der Waals surface area (Å²) in [6.45, 7) is 1.44. The lowest BCUT2D eigenvalue weighted by Gasteiger charge is -2.23. The maximum atomic E-state index is 13.3. The number of hydrogen-bond acceptors (Lipinski definition) is 7. The molecule has 1 aliphatic heterocycles. The first-order valence-electron chi connectivity index (χ1n) is 11.2.